The number of piperazine rings is 1. The van der Waals surface area contributed by atoms with Crippen molar-refractivity contribution in [1.29, 1.82) is 0 Å². The Labute approximate surface area is 186 Å². The predicted molar refractivity (Wildman–Crippen MR) is 127 cm³/mol. The molecule has 160 valence electrons. The van der Waals surface area contributed by atoms with Gasteiger partial charge >= 0.3 is 0 Å². The number of benzene rings is 1. The average molecular weight is 436 g/mol. The summed E-state index contributed by atoms with van der Waals surface area (Å²) in [5, 5.41) is 0.673. The van der Waals surface area contributed by atoms with Crippen molar-refractivity contribution in [3.8, 4) is 0 Å². The summed E-state index contributed by atoms with van der Waals surface area (Å²) in [5.41, 5.74) is 3.68. The number of hydrogen-bond donors (Lipinski definition) is 0. The monoisotopic (exact) mass is 435 g/mol. The quantitative estimate of drug-likeness (QED) is 0.630. The second kappa shape index (κ2) is 8.36. The summed E-state index contributed by atoms with van der Waals surface area (Å²) in [7, 11) is 0. The van der Waals surface area contributed by atoms with E-state index in [-0.39, 0.29) is 5.56 Å². The summed E-state index contributed by atoms with van der Waals surface area (Å²) >= 11 is 6.23. The lowest BCUT2D eigenvalue weighted by molar-refractivity contribution is 0.179. The highest BCUT2D eigenvalue weighted by Gasteiger charge is 2.19. The standard InChI is InChI=1S/C24H26ClN5O/c1-18-5-8-23(26-17-18)28-14-12-27(13-15-28)9-3-11-30-20-7-6-19(25)16-22(20)29-10-2-4-21(29)24(30)31/h2,4-8,10,16H,1,3,9,11-15,17H2. The van der Waals surface area contributed by atoms with E-state index < -0.39 is 0 Å². The van der Waals surface area contributed by atoms with Gasteiger partial charge in [-0.1, -0.05) is 24.3 Å². The van der Waals surface area contributed by atoms with Gasteiger partial charge in [-0.3, -0.25) is 14.7 Å². The lowest BCUT2D eigenvalue weighted by Gasteiger charge is -2.36. The second-order valence-electron chi connectivity index (χ2n) is 8.20. The molecule has 0 bridgehead atoms. The molecule has 0 radical (unpaired) electrons. The van der Waals surface area contributed by atoms with Crippen molar-refractivity contribution in [2.45, 2.75) is 13.0 Å². The molecule has 3 aromatic rings. The van der Waals surface area contributed by atoms with E-state index in [0.717, 1.165) is 61.6 Å². The van der Waals surface area contributed by atoms with E-state index in [2.05, 4.69) is 33.5 Å². The second-order valence-corrected chi connectivity index (χ2v) is 8.64. The number of aliphatic imine (C=N–C) groups is 1. The van der Waals surface area contributed by atoms with E-state index in [0.29, 0.717) is 23.6 Å². The topological polar surface area (TPSA) is 45.2 Å². The van der Waals surface area contributed by atoms with Gasteiger partial charge < -0.3 is 13.9 Å². The van der Waals surface area contributed by atoms with E-state index in [1.165, 1.54) is 0 Å². The molecule has 0 spiro atoms. The van der Waals surface area contributed by atoms with Crippen LogP contribution in [0.2, 0.25) is 5.02 Å². The Morgan fingerprint density at radius 1 is 1.00 bits per heavy atom. The van der Waals surface area contributed by atoms with Gasteiger partial charge in [0, 0.05) is 43.9 Å². The number of rotatable bonds is 4. The number of fused-ring (bicyclic) bond motifs is 3. The van der Waals surface area contributed by atoms with E-state index in [9.17, 15) is 4.79 Å². The van der Waals surface area contributed by atoms with Gasteiger partial charge in [-0.2, -0.15) is 0 Å². The maximum atomic E-state index is 13.1. The first-order valence-corrected chi connectivity index (χ1v) is 11.1. The van der Waals surface area contributed by atoms with Gasteiger partial charge in [-0.05, 0) is 54.9 Å². The van der Waals surface area contributed by atoms with E-state index in [4.69, 9.17) is 11.6 Å². The molecule has 7 heteroatoms. The van der Waals surface area contributed by atoms with Crippen LogP contribution in [0.25, 0.3) is 16.6 Å². The maximum absolute atomic E-state index is 13.1. The fourth-order valence-corrected chi connectivity index (χ4v) is 4.66. The van der Waals surface area contributed by atoms with Gasteiger partial charge in [0.25, 0.3) is 5.56 Å². The molecule has 31 heavy (non-hydrogen) atoms. The molecule has 0 saturated carbocycles. The molecule has 1 aromatic carbocycles. The van der Waals surface area contributed by atoms with Crippen molar-refractivity contribution in [1.82, 2.24) is 18.8 Å². The van der Waals surface area contributed by atoms with Gasteiger partial charge in [0.05, 0.1) is 17.6 Å². The molecule has 2 aliphatic heterocycles. The summed E-state index contributed by atoms with van der Waals surface area (Å²) in [6.07, 6.45) is 6.98. The average Bonchev–Trinajstić information content (AvgIpc) is 3.28. The number of hydrogen-bond acceptors (Lipinski definition) is 4. The van der Waals surface area contributed by atoms with Crippen molar-refractivity contribution in [2.24, 2.45) is 4.99 Å². The first kappa shape index (κ1) is 20.1. The third kappa shape index (κ3) is 3.93. The molecular formula is C24H26ClN5O. The van der Waals surface area contributed by atoms with Crippen LogP contribution in [0.15, 0.2) is 70.6 Å². The number of dihydropyridines is 1. The summed E-state index contributed by atoms with van der Waals surface area (Å²) in [4.78, 5) is 22.5. The molecule has 5 rings (SSSR count). The predicted octanol–water partition coefficient (Wildman–Crippen LogP) is 3.44. The smallest absolute Gasteiger partial charge is 0.275 e. The number of aryl methyl sites for hydroxylation is 1. The Kier molecular flexibility index (Phi) is 5.42. The summed E-state index contributed by atoms with van der Waals surface area (Å²) in [6.45, 7) is 10.3. The molecule has 2 aliphatic rings. The Hall–Kier alpha value is -2.83. The van der Waals surface area contributed by atoms with Crippen LogP contribution in [0.4, 0.5) is 0 Å². The zero-order chi connectivity index (χ0) is 21.4. The molecule has 6 nitrogen and oxygen atoms in total. The SMILES string of the molecule is C=C1C=CC(N2CCN(CCCn3c(=O)c4cccn4c4cc(Cl)ccc43)CC2)=NC1. The first-order valence-electron chi connectivity index (χ1n) is 10.8. The molecule has 4 heterocycles. The van der Waals surface area contributed by atoms with Crippen molar-refractivity contribution >= 4 is 34.0 Å². The fraction of sp³-hybridized carbons (Fsp3) is 0.333. The normalized spacial score (nSPS) is 17.6. The number of nitrogens with zero attached hydrogens (tertiary/aromatic N) is 5. The van der Waals surface area contributed by atoms with Crippen LogP contribution < -0.4 is 5.56 Å². The molecule has 0 aliphatic carbocycles. The van der Waals surface area contributed by atoms with Gasteiger partial charge in [0.1, 0.15) is 11.4 Å². The van der Waals surface area contributed by atoms with E-state index in [1.807, 2.05) is 45.5 Å². The van der Waals surface area contributed by atoms with Crippen molar-refractivity contribution in [2.75, 3.05) is 39.3 Å². The lowest BCUT2D eigenvalue weighted by atomic mass is 10.2. The van der Waals surface area contributed by atoms with Crippen LogP contribution in [0.1, 0.15) is 6.42 Å². The Bertz CT molecular complexity index is 1260. The molecule has 0 amide bonds. The molecule has 1 fully saturated rings. The Morgan fingerprint density at radius 3 is 2.61 bits per heavy atom. The van der Waals surface area contributed by atoms with Crippen LogP contribution in [0.3, 0.4) is 0 Å². The minimum absolute atomic E-state index is 0.0494. The third-order valence-corrected chi connectivity index (χ3v) is 6.40. The Balaban J connectivity index is 1.25. The van der Waals surface area contributed by atoms with Crippen LogP contribution >= 0.6 is 11.6 Å². The Morgan fingerprint density at radius 2 is 1.84 bits per heavy atom. The molecule has 1 saturated heterocycles. The van der Waals surface area contributed by atoms with Gasteiger partial charge in [-0.15, -0.1) is 0 Å². The van der Waals surface area contributed by atoms with Crippen molar-refractivity contribution < 1.29 is 0 Å². The summed E-state index contributed by atoms with van der Waals surface area (Å²) in [5.74, 6) is 1.07. The van der Waals surface area contributed by atoms with Crippen molar-refractivity contribution in [3.05, 3.63) is 76.2 Å². The maximum Gasteiger partial charge on any atom is 0.275 e. The highest BCUT2D eigenvalue weighted by Crippen LogP contribution is 2.20. The van der Waals surface area contributed by atoms with E-state index in [1.54, 1.807) is 0 Å². The molecule has 0 atom stereocenters. The van der Waals surface area contributed by atoms with Gasteiger partial charge in [0.2, 0.25) is 0 Å². The fourth-order valence-electron chi connectivity index (χ4n) is 4.49. The summed E-state index contributed by atoms with van der Waals surface area (Å²) in [6, 6.07) is 9.51. The lowest BCUT2D eigenvalue weighted by Crippen LogP contribution is -2.48. The van der Waals surface area contributed by atoms with Crippen LogP contribution in [-0.4, -0.2) is 63.9 Å². The molecule has 0 unspecified atom stereocenters. The third-order valence-electron chi connectivity index (χ3n) is 6.17. The molecule has 0 N–H and O–H groups in total. The highest BCUT2D eigenvalue weighted by atomic mass is 35.5. The van der Waals surface area contributed by atoms with Crippen LogP contribution in [0.5, 0.6) is 0 Å². The minimum atomic E-state index is 0.0494. The van der Waals surface area contributed by atoms with E-state index >= 15 is 0 Å². The number of amidine groups is 1. The van der Waals surface area contributed by atoms with Crippen LogP contribution in [-0.2, 0) is 6.54 Å². The largest absolute Gasteiger partial charge is 0.354 e. The highest BCUT2D eigenvalue weighted by molar-refractivity contribution is 6.31. The summed E-state index contributed by atoms with van der Waals surface area (Å²) < 4.78 is 3.82. The molecular weight excluding hydrogens is 410 g/mol. The number of aromatic nitrogens is 2. The first-order chi connectivity index (χ1) is 15.1. The minimum Gasteiger partial charge on any atom is -0.354 e. The zero-order valence-corrected chi connectivity index (χ0v) is 18.3. The van der Waals surface area contributed by atoms with Gasteiger partial charge in [0.15, 0.2) is 0 Å². The van der Waals surface area contributed by atoms with Crippen LogP contribution in [0, 0.1) is 0 Å². The van der Waals surface area contributed by atoms with Gasteiger partial charge in [-0.25, -0.2) is 0 Å². The number of halogens is 1. The molecule has 2 aromatic heterocycles. The zero-order valence-electron chi connectivity index (χ0n) is 17.5. The van der Waals surface area contributed by atoms with Crippen molar-refractivity contribution in [3.63, 3.8) is 0 Å².